The highest BCUT2D eigenvalue weighted by molar-refractivity contribution is 7.27. The third-order valence-electron chi connectivity index (χ3n) is 1.66. The van der Waals surface area contributed by atoms with E-state index < -0.39 is 0 Å². The van der Waals surface area contributed by atoms with Gasteiger partial charge in [-0.1, -0.05) is 0 Å². The molecule has 3 heteroatoms. The number of aryl methyl sites for hydroxylation is 2. The molecule has 2 heterocycles. The molecular weight excluding hydrogens is 179 g/mol. The van der Waals surface area contributed by atoms with Crippen LogP contribution in [0.15, 0.2) is 6.07 Å². The van der Waals surface area contributed by atoms with Crippen molar-refractivity contribution in [3.05, 3.63) is 21.6 Å². The maximum Gasteiger partial charge on any atom is 0.181 e. The summed E-state index contributed by atoms with van der Waals surface area (Å²) >= 11 is 2.91. The van der Waals surface area contributed by atoms with Gasteiger partial charge in [0.1, 0.15) is 0 Å². The zero-order chi connectivity index (χ0) is 8.01. The van der Waals surface area contributed by atoms with Crippen molar-refractivity contribution in [1.29, 1.82) is 0 Å². The summed E-state index contributed by atoms with van der Waals surface area (Å²) in [6.45, 7) is 3.89. The van der Waals surface area contributed by atoms with Crippen LogP contribution in [0.3, 0.4) is 0 Å². The Hall–Kier alpha value is -0.410. The number of rotatable bonds is 0. The van der Waals surface area contributed by atoms with Gasteiger partial charge in [0.2, 0.25) is 0 Å². The first-order valence-corrected chi connectivity index (χ1v) is 4.97. The normalized spacial score (nSPS) is 11.2. The summed E-state index contributed by atoms with van der Waals surface area (Å²) in [7, 11) is 0. The lowest BCUT2D eigenvalue weighted by atomic mass is 10.3. The molecule has 0 saturated carbocycles. The molecule has 0 aliphatic rings. The van der Waals surface area contributed by atoms with Crippen molar-refractivity contribution in [1.82, 2.24) is 0 Å². The second kappa shape index (κ2) is 2.29. The van der Waals surface area contributed by atoms with Crippen LogP contribution in [0.4, 0.5) is 4.39 Å². The number of hydrogen-bond acceptors (Lipinski definition) is 2. The first-order chi connectivity index (χ1) is 5.18. The number of halogens is 1. The summed E-state index contributed by atoms with van der Waals surface area (Å²) in [5, 5.41) is -0.0359. The molecule has 0 fully saturated rings. The van der Waals surface area contributed by atoms with E-state index in [9.17, 15) is 4.39 Å². The molecule has 2 aromatic heterocycles. The van der Waals surface area contributed by atoms with Crippen molar-refractivity contribution in [2.45, 2.75) is 13.8 Å². The summed E-state index contributed by atoms with van der Waals surface area (Å²) in [6.07, 6.45) is 0. The van der Waals surface area contributed by atoms with Gasteiger partial charge in [-0.25, -0.2) is 0 Å². The smallest absolute Gasteiger partial charge is 0.181 e. The van der Waals surface area contributed by atoms with E-state index in [1.807, 2.05) is 13.0 Å². The van der Waals surface area contributed by atoms with Gasteiger partial charge in [0.05, 0.1) is 4.70 Å². The number of hydrogen-bond donors (Lipinski definition) is 0. The Morgan fingerprint density at radius 2 is 2.00 bits per heavy atom. The fourth-order valence-corrected chi connectivity index (χ4v) is 3.31. The Morgan fingerprint density at radius 3 is 2.64 bits per heavy atom. The van der Waals surface area contributed by atoms with Crippen LogP contribution in [0.2, 0.25) is 0 Å². The summed E-state index contributed by atoms with van der Waals surface area (Å²) in [6, 6.07) is 2.04. The predicted octanol–water partition coefficient (Wildman–Crippen LogP) is 3.72. The lowest BCUT2D eigenvalue weighted by Crippen LogP contribution is -1.65. The van der Waals surface area contributed by atoms with E-state index in [0.29, 0.717) is 0 Å². The fraction of sp³-hybridized carbons (Fsp3) is 0.250. The molecule has 0 radical (unpaired) electrons. The van der Waals surface area contributed by atoms with E-state index >= 15 is 0 Å². The van der Waals surface area contributed by atoms with Gasteiger partial charge in [0.25, 0.3) is 0 Å². The summed E-state index contributed by atoms with van der Waals surface area (Å²) < 4.78 is 15.1. The molecule has 0 atom stereocenters. The number of thiophene rings is 2. The van der Waals surface area contributed by atoms with E-state index in [-0.39, 0.29) is 5.13 Å². The van der Waals surface area contributed by atoms with Crippen LogP contribution in [-0.2, 0) is 0 Å². The van der Waals surface area contributed by atoms with Crippen molar-refractivity contribution in [2.24, 2.45) is 0 Å². The van der Waals surface area contributed by atoms with Crippen LogP contribution in [0.5, 0.6) is 0 Å². The Balaban J connectivity index is 2.88. The van der Waals surface area contributed by atoms with Crippen molar-refractivity contribution in [3.8, 4) is 0 Å². The minimum atomic E-state index is -0.0359. The first-order valence-electron chi connectivity index (χ1n) is 3.33. The Kier molecular flexibility index (Phi) is 1.51. The standard InChI is InChI=1S/C8H7FS2/c1-4-3-6-7(10-4)5(2)8(9)11-6/h3H,1-2H3. The minimum Gasteiger partial charge on any atom is -0.195 e. The van der Waals surface area contributed by atoms with Gasteiger partial charge in [0, 0.05) is 15.1 Å². The second-order valence-electron chi connectivity index (χ2n) is 2.55. The quantitative estimate of drug-likeness (QED) is 0.588. The zero-order valence-corrected chi connectivity index (χ0v) is 7.90. The van der Waals surface area contributed by atoms with Crippen molar-refractivity contribution < 1.29 is 4.39 Å². The highest BCUT2D eigenvalue weighted by atomic mass is 32.1. The molecule has 0 unspecified atom stereocenters. The zero-order valence-electron chi connectivity index (χ0n) is 6.27. The van der Waals surface area contributed by atoms with Gasteiger partial charge in [-0.15, -0.1) is 22.7 Å². The molecular formula is C8H7FS2. The van der Waals surface area contributed by atoms with Gasteiger partial charge >= 0.3 is 0 Å². The second-order valence-corrected chi connectivity index (χ2v) is 4.81. The summed E-state index contributed by atoms with van der Waals surface area (Å²) in [4.78, 5) is 1.26. The third kappa shape index (κ3) is 0.993. The molecule has 0 nitrogen and oxygen atoms in total. The largest absolute Gasteiger partial charge is 0.195 e. The molecule has 0 amide bonds. The van der Waals surface area contributed by atoms with Crippen LogP contribution in [0.25, 0.3) is 9.40 Å². The predicted molar refractivity (Wildman–Crippen MR) is 49.1 cm³/mol. The van der Waals surface area contributed by atoms with Crippen LogP contribution in [-0.4, -0.2) is 0 Å². The molecule has 0 aliphatic carbocycles. The van der Waals surface area contributed by atoms with Gasteiger partial charge in [-0.05, 0) is 19.9 Å². The van der Waals surface area contributed by atoms with Gasteiger partial charge in [-0.2, -0.15) is 4.39 Å². The topological polar surface area (TPSA) is 0 Å². The Labute approximate surface area is 72.3 Å². The Morgan fingerprint density at radius 1 is 1.27 bits per heavy atom. The molecule has 0 N–H and O–H groups in total. The minimum absolute atomic E-state index is 0.0359. The molecule has 0 aliphatic heterocycles. The van der Waals surface area contributed by atoms with E-state index in [4.69, 9.17) is 0 Å². The lowest BCUT2D eigenvalue weighted by molar-refractivity contribution is 0.650. The van der Waals surface area contributed by atoms with Crippen molar-refractivity contribution in [3.63, 3.8) is 0 Å². The van der Waals surface area contributed by atoms with E-state index in [0.717, 1.165) is 15.0 Å². The van der Waals surface area contributed by atoms with E-state index in [1.165, 1.54) is 16.2 Å². The summed E-state index contributed by atoms with van der Waals surface area (Å²) in [5.74, 6) is 0. The molecule has 0 bridgehead atoms. The van der Waals surface area contributed by atoms with Crippen LogP contribution >= 0.6 is 22.7 Å². The Bertz CT molecular complexity index is 397. The average molecular weight is 186 g/mol. The van der Waals surface area contributed by atoms with Gasteiger partial charge in [-0.3, -0.25) is 0 Å². The number of fused-ring (bicyclic) bond motifs is 1. The van der Waals surface area contributed by atoms with E-state index in [1.54, 1.807) is 11.3 Å². The molecule has 0 spiro atoms. The molecule has 2 aromatic rings. The third-order valence-corrected chi connectivity index (χ3v) is 3.98. The lowest BCUT2D eigenvalue weighted by Gasteiger charge is -1.81. The molecule has 2 rings (SSSR count). The summed E-state index contributed by atoms with van der Waals surface area (Å²) in [5.41, 5.74) is 0.808. The maximum absolute atomic E-state index is 12.9. The fourth-order valence-electron chi connectivity index (χ4n) is 1.09. The van der Waals surface area contributed by atoms with E-state index in [2.05, 4.69) is 6.92 Å². The molecule has 0 aromatic carbocycles. The highest BCUT2D eigenvalue weighted by Gasteiger charge is 2.09. The maximum atomic E-state index is 12.9. The van der Waals surface area contributed by atoms with Crippen LogP contribution < -0.4 is 0 Å². The molecule has 11 heavy (non-hydrogen) atoms. The average Bonchev–Trinajstić information content (AvgIpc) is 2.37. The van der Waals surface area contributed by atoms with Crippen LogP contribution in [0, 0.1) is 19.0 Å². The molecule has 0 saturated heterocycles. The van der Waals surface area contributed by atoms with Crippen LogP contribution in [0.1, 0.15) is 10.4 Å². The molecule has 58 valence electrons. The first kappa shape index (κ1) is 7.25. The van der Waals surface area contributed by atoms with Crippen molar-refractivity contribution >= 4 is 32.1 Å². The SMILES string of the molecule is Cc1cc2sc(F)c(C)c2s1. The van der Waals surface area contributed by atoms with Gasteiger partial charge in [0.15, 0.2) is 5.13 Å². The van der Waals surface area contributed by atoms with Crippen molar-refractivity contribution in [2.75, 3.05) is 0 Å². The highest BCUT2D eigenvalue weighted by Crippen LogP contribution is 2.35. The van der Waals surface area contributed by atoms with Gasteiger partial charge < -0.3 is 0 Å². The monoisotopic (exact) mass is 186 g/mol.